The Labute approximate surface area is 123 Å². The Bertz CT molecular complexity index is 349. The maximum Gasteiger partial charge on any atom is 0.316 e. The Hall–Kier alpha value is -1.38. The molecule has 3 heteroatoms. The topological polar surface area (TPSA) is 43.4 Å². The lowest BCUT2D eigenvalue weighted by Crippen LogP contribution is -2.18. The number of carbonyl (C=O) groups excluding carboxylic acids is 2. The Kier molecular flexibility index (Phi) is 10.7. The van der Waals surface area contributed by atoms with E-state index in [0.29, 0.717) is 19.3 Å². The molecule has 1 atom stereocenters. The lowest BCUT2D eigenvalue weighted by molar-refractivity contribution is -0.149. The first-order valence-electron chi connectivity index (χ1n) is 7.42. The van der Waals surface area contributed by atoms with Crippen LogP contribution in [0.1, 0.15) is 59.8 Å². The van der Waals surface area contributed by atoms with E-state index < -0.39 is 11.9 Å². The summed E-state index contributed by atoms with van der Waals surface area (Å²) in [6, 6.07) is 0. The number of hydrogen-bond donors (Lipinski definition) is 0. The summed E-state index contributed by atoms with van der Waals surface area (Å²) in [6.45, 7) is 8.41. The highest BCUT2D eigenvalue weighted by Crippen LogP contribution is 2.12. The predicted octanol–water partition coefficient (Wildman–Crippen LogP) is 4.23. The third-order valence-electron chi connectivity index (χ3n) is 3.06. The molecule has 0 fully saturated rings. The minimum absolute atomic E-state index is 0.326. The van der Waals surface area contributed by atoms with E-state index in [1.165, 1.54) is 11.1 Å². The van der Waals surface area contributed by atoms with E-state index in [1.807, 2.05) is 0 Å². The van der Waals surface area contributed by atoms with Crippen LogP contribution in [-0.4, -0.2) is 18.9 Å². The zero-order valence-electron chi connectivity index (χ0n) is 13.3. The highest BCUT2D eigenvalue weighted by atomic mass is 16.5. The number of unbranched alkanes of at least 4 members (excludes halogenated alkanes) is 1. The smallest absolute Gasteiger partial charge is 0.316 e. The Morgan fingerprint density at radius 3 is 2.40 bits per heavy atom. The quantitative estimate of drug-likeness (QED) is 0.198. The monoisotopic (exact) mass is 280 g/mol. The van der Waals surface area contributed by atoms with Crippen LogP contribution < -0.4 is 0 Å². The molecular formula is C17H28O3. The molecule has 0 aromatic rings. The van der Waals surface area contributed by atoms with Crippen LogP contribution in [0.3, 0.4) is 0 Å². The molecule has 0 aromatic carbocycles. The predicted molar refractivity (Wildman–Crippen MR) is 82.5 cm³/mol. The van der Waals surface area contributed by atoms with E-state index in [-0.39, 0.29) is 0 Å². The summed E-state index contributed by atoms with van der Waals surface area (Å²) >= 11 is 0. The van der Waals surface area contributed by atoms with Gasteiger partial charge in [0.15, 0.2) is 0 Å². The van der Waals surface area contributed by atoms with Crippen molar-refractivity contribution in [1.29, 1.82) is 0 Å². The number of ether oxygens (including phenoxy) is 1. The minimum Gasteiger partial charge on any atom is -0.465 e. The summed E-state index contributed by atoms with van der Waals surface area (Å²) < 4.78 is 4.86. The summed E-state index contributed by atoms with van der Waals surface area (Å²) in [7, 11) is 0. The van der Waals surface area contributed by atoms with Gasteiger partial charge in [-0.2, -0.15) is 0 Å². The summed E-state index contributed by atoms with van der Waals surface area (Å²) in [6.07, 6.45) is 9.59. The SMILES string of the molecule is CCOC(=O)C(C=O)CCCC=C(C)CCC=C(C)C. The maximum absolute atomic E-state index is 11.4. The molecule has 0 rings (SSSR count). The van der Waals surface area contributed by atoms with Crippen LogP contribution in [-0.2, 0) is 14.3 Å². The fraction of sp³-hybridized carbons (Fsp3) is 0.647. The van der Waals surface area contributed by atoms with Crippen LogP contribution in [0.25, 0.3) is 0 Å². The summed E-state index contributed by atoms with van der Waals surface area (Å²) in [5, 5.41) is 0. The first-order chi connectivity index (χ1) is 9.51. The van der Waals surface area contributed by atoms with E-state index >= 15 is 0 Å². The fourth-order valence-electron chi connectivity index (χ4n) is 1.87. The van der Waals surface area contributed by atoms with Gasteiger partial charge in [-0.15, -0.1) is 0 Å². The second-order valence-corrected chi connectivity index (χ2v) is 5.30. The molecule has 0 saturated carbocycles. The summed E-state index contributed by atoms with van der Waals surface area (Å²) in [4.78, 5) is 22.3. The second kappa shape index (κ2) is 11.4. The van der Waals surface area contributed by atoms with Crippen molar-refractivity contribution in [1.82, 2.24) is 0 Å². The van der Waals surface area contributed by atoms with Crippen molar-refractivity contribution in [3.05, 3.63) is 23.3 Å². The first kappa shape index (κ1) is 18.6. The first-order valence-corrected chi connectivity index (χ1v) is 7.42. The normalized spacial score (nSPS) is 12.7. The second-order valence-electron chi connectivity index (χ2n) is 5.30. The van der Waals surface area contributed by atoms with Crippen molar-refractivity contribution in [2.45, 2.75) is 59.8 Å². The molecule has 114 valence electrons. The molecule has 0 aromatic heterocycles. The van der Waals surface area contributed by atoms with Gasteiger partial charge in [0, 0.05) is 0 Å². The molecule has 0 radical (unpaired) electrons. The van der Waals surface area contributed by atoms with Gasteiger partial charge in [0.1, 0.15) is 12.2 Å². The van der Waals surface area contributed by atoms with Gasteiger partial charge in [-0.1, -0.05) is 23.3 Å². The number of aldehydes is 1. The molecule has 0 spiro atoms. The molecule has 0 heterocycles. The standard InChI is InChI=1S/C17H28O3/c1-5-20-17(19)16(13-18)12-7-6-10-15(4)11-8-9-14(2)3/h9-10,13,16H,5-8,11-12H2,1-4H3. The number of carbonyl (C=O) groups is 2. The van der Waals surface area contributed by atoms with Crippen LogP contribution in [0.5, 0.6) is 0 Å². The number of esters is 1. The number of allylic oxidation sites excluding steroid dienone is 4. The molecule has 0 N–H and O–H groups in total. The van der Waals surface area contributed by atoms with Crippen LogP contribution in [0.2, 0.25) is 0 Å². The molecule has 0 amide bonds. The minimum atomic E-state index is -0.602. The Morgan fingerprint density at radius 1 is 1.15 bits per heavy atom. The van der Waals surface area contributed by atoms with Gasteiger partial charge in [0.05, 0.1) is 6.61 Å². The van der Waals surface area contributed by atoms with Crippen molar-refractivity contribution in [3.8, 4) is 0 Å². The van der Waals surface area contributed by atoms with Crippen LogP contribution >= 0.6 is 0 Å². The Morgan fingerprint density at radius 2 is 1.85 bits per heavy atom. The van der Waals surface area contributed by atoms with E-state index in [0.717, 1.165) is 25.7 Å². The highest BCUT2D eigenvalue weighted by Gasteiger charge is 2.17. The largest absolute Gasteiger partial charge is 0.465 e. The maximum atomic E-state index is 11.4. The van der Waals surface area contributed by atoms with Gasteiger partial charge in [-0.3, -0.25) is 4.79 Å². The molecule has 20 heavy (non-hydrogen) atoms. The van der Waals surface area contributed by atoms with Crippen molar-refractivity contribution >= 4 is 12.3 Å². The molecule has 0 bridgehead atoms. The van der Waals surface area contributed by atoms with Gasteiger partial charge in [0.2, 0.25) is 0 Å². The van der Waals surface area contributed by atoms with Gasteiger partial charge >= 0.3 is 5.97 Å². The van der Waals surface area contributed by atoms with Gasteiger partial charge in [-0.25, -0.2) is 0 Å². The molecule has 3 nitrogen and oxygen atoms in total. The number of hydrogen-bond acceptors (Lipinski definition) is 3. The average Bonchev–Trinajstić information content (AvgIpc) is 2.38. The fourth-order valence-corrected chi connectivity index (χ4v) is 1.87. The lowest BCUT2D eigenvalue weighted by Gasteiger charge is -2.08. The van der Waals surface area contributed by atoms with Gasteiger partial charge in [0.25, 0.3) is 0 Å². The van der Waals surface area contributed by atoms with E-state index in [2.05, 4.69) is 32.9 Å². The molecule has 1 unspecified atom stereocenters. The van der Waals surface area contributed by atoms with Crippen LogP contribution in [0.4, 0.5) is 0 Å². The average molecular weight is 280 g/mol. The molecule has 0 saturated heterocycles. The Balaban J connectivity index is 3.95. The van der Waals surface area contributed by atoms with E-state index in [4.69, 9.17) is 4.74 Å². The zero-order chi connectivity index (χ0) is 15.4. The van der Waals surface area contributed by atoms with Crippen molar-refractivity contribution < 1.29 is 14.3 Å². The molecular weight excluding hydrogens is 252 g/mol. The highest BCUT2D eigenvalue weighted by molar-refractivity contribution is 5.87. The third kappa shape index (κ3) is 9.54. The van der Waals surface area contributed by atoms with E-state index in [1.54, 1.807) is 6.92 Å². The summed E-state index contributed by atoms with van der Waals surface area (Å²) in [5.41, 5.74) is 2.71. The molecule has 0 aliphatic heterocycles. The van der Waals surface area contributed by atoms with Crippen molar-refractivity contribution in [2.75, 3.05) is 6.61 Å². The summed E-state index contributed by atoms with van der Waals surface area (Å²) in [5.74, 6) is -0.999. The number of rotatable bonds is 10. The zero-order valence-corrected chi connectivity index (χ0v) is 13.3. The van der Waals surface area contributed by atoms with Crippen molar-refractivity contribution in [3.63, 3.8) is 0 Å². The van der Waals surface area contributed by atoms with Crippen LogP contribution in [0, 0.1) is 5.92 Å². The van der Waals surface area contributed by atoms with Gasteiger partial charge in [-0.05, 0) is 59.8 Å². The lowest BCUT2D eigenvalue weighted by atomic mass is 10.0. The van der Waals surface area contributed by atoms with Gasteiger partial charge < -0.3 is 9.53 Å². The molecule has 0 aliphatic rings. The third-order valence-corrected chi connectivity index (χ3v) is 3.06. The van der Waals surface area contributed by atoms with Crippen LogP contribution in [0.15, 0.2) is 23.3 Å². The molecule has 0 aliphatic carbocycles. The van der Waals surface area contributed by atoms with E-state index in [9.17, 15) is 9.59 Å². The van der Waals surface area contributed by atoms with Crippen molar-refractivity contribution in [2.24, 2.45) is 5.92 Å².